The summed E-state index contributed by atoms with van der Waals surface area (Å²) in [4.78, 5) is 27.4. The molecule has 0 aromatic heterocycles. The van der Waals surface area contributed by atoms with Gasteiger partial charge >= 0.3 is 0 Å². The standard InChI is InChI=1S/C23H26N4O2S/c28-21-6-2-12-26(21)16-18-10-8-17(9-11-18)15-24-23(30)25-19-4-1-5-20(14-19)27-13-3-7-22(27)29/h1,4-5,8-11,14H,2-3,6-7,12-13,15-16H2,(H2,24,25,30). The summed E-state index contributed by atoms with van der Waals surface area (Å²) in [6.07, 6.45) is 3.15. The van der Waals surface area contributed by atoms with Crippen LogP contribution in [-0.2, 0) is 22.7 Å². The molecular formula is C23H26N4O2S. The fourth-order valence-electron chi connectivity index (χ4n) is 3.88. The van der Waals surface area contributed by atoms with Crippen molar-refractivity contribution in [3.63, 3.8) is 0 Å². The monoisotopic (exact) mass is 422 g/mol. The van der Waals surface area contributed by atoms with Gasteiger partial charge in [0.1, 0.15) is 0 Å². The van der Waals surface area contributed by atoms with E-state index in [2.05, 4.69) is 34.9 Å². The van der Waals surface area contributed by atoms with Crippen LogP contribution in [-0.4, -0.2) is 34.9 Å². The van der Waals surface area contributed by atoms with Gasteiger partial charge in [-0.15, -0.1) is 0 Å². The summed E-state index contributed by atoms with van der Waals surface area (Å²) < 4.78 is 0. The summed E-state index contributed by atoms with van der Waals surface area (Å²) in [6, 6.07) is 16.0. The Balaban J connectivity index is 1.27. The fourth-order valence-corrected chi connectivity index (χ4v) is 4.07. The maximum atomic E-state index is 12.0. The van der Waals surface area contributed by atoms with Gasteiger partial charge in [0.25, 0.3) is 0 Å². The third kappa shape index (κ3) is 4.97. The quantitative estimate of drug-likeness (QED) is 0.699. The smallest absolute Gasteiger partial charge is 0.227 e. The molecule has 7 heteroatoms. The van der Waals surface area contributed by atoms with Gasteiger partial charge in [0, 0.05) is 50.4 Å². The molecule has 0 radical (unpaired) electrons. The summed E-state index contributed by atoms with van der Waals surface area (Å²) in [5, 5.41) is 6.95. The van der Waals surface area contributed by atoms with Crippen LogP contribution in [0.4, 0.5) is 11.4 Å². The number of amides is 2. The molecule has 2 N–H and O–H groups in total. The predicted molar refractivity (Wildman–Crippen MR) is 122 cm³/mol. The molecule has 2 fully saturated rings. The van der Waals surface area contributed by atoms with Gasteiger partial charge in [0.05, 0.1) is 0 Å². The van der Waals surface area contributed by atoms with E-state index < -0.39 is 0 Å². The van der Waals surface area contributed by atoms with Crippen molar-refractivity contribution >= 4 is 40.5 Å². The Labute approximate surface area is 182 Å². The van der Waals surface area contributed by atoms with E-state index in [9.17, 15) is 9.59 Å². The van der Waals surface area contributed by atoms with Gasteiger partial charge < -0.3 is 20.4 Å². The molecule has 2 aromatic rings. The number of thiocarbonyl (C=S) groups is 1. The molecule has 2 aliphatic heterocycles. The van der Waals surface area contributed by atoms with E-state index in [0.717, 1.165) is 48.4 Å². The molecule has 0 saturated carbocycles. The van der Waals surface area contributed by atoms with Crippen molar-refractivity contribution in [3.05, 3.63) is 59.7 Å². The molecule has 2 amide bonds. The van der Waals surface area contributed by atoms with Gasteiger partial charge in [0.2, 0.25) is 11.8 Å². The van der Waals surface area contributed by atoms with Gasteiger partial charge in [-0.25, -0.2) is 0 Å². The van der Waals surface area contributed by atoms with E-state index in [0.29, 0.717) is 31.0 Å². The van der Waals surface area contributed by atoms with Crippen molar-refractivity contribution in [2.75, 3.05) is 23.3 Å². The van der Waals surface area contributed by atoms with E-state index in [1.54, 1.807) is 0 Å². The molecule has 0 spiro atoms. The first-order valence-electron chi connectivity index (χ1n) is 10.4. The van der Waals surface area contributed by atoms with E-state index in [1.807, 2.05) is 34.1 Å². The Morgan fingerprint density at radius 1 is 0.933 bits per heavy atom. The van der Waals surface area contributed by atoms with Crippen LogP contribution in [0.3, 0.4) is 0 Å². The van der Waals surface area contributed by atoms with Gasteiger partial charge in [-0.3, -0.25) is 9.59 Å². The second-order valence-corrected chi connectivity index (χ2v) is 8.15. The summed E-state index contributed by atoms with van der Waals surface area (Å²) in [5.41, 5.74) is 4.02. The molecule has 30 heavy (non-hydrogen) atoms. The molecule has 6 nitrogen and oxygen atoms in total. The molecule has 2 aromatic carbocycles. The zero-order valence-electron chi connectivity index (χ0n) is 16.9. The number of likely N-dealkylation sites (tertiary alicyclic amines) is 1. The first kappa shape index (κ1) is 20.3. The van der Waals surface area contributed by atoms with Crippen molar-refractivity contribution in [2.45, 2.75) is 38.8 Å². The largest absolute Gasteiger partial charge is 0.358 e. The zero-order chi connectivity index (χ0) is 20.9. The average Bonchev–Trinajstić information content (AvgIpc) is 3.36. The van der Waals surface area contributed by atoms with Crippen LogP contribution < -0.4 is 15.5 Å². The van der Waals surface area contributed by atoms with Crippen molar-refractivity contribution in [2.24, 2.45) is 0 Å². The molecule has 0 bridgehead atoms. The Morgan fingerprint density at radius 2 is 1.67 bits per heavy atom. The first-order chi connectivity index (χ1) is 14.6. The summed E-state index contributed by atoms with van der Waals surface area (Å²) in [6.45, 7) is 2.92. The summed E-state index contributed by atoms with van der Waals surface area (Å²) in [7, 11) is 0. The van der Waals surface area contributed by atoms with Gasteiger partial charge in [0.15, 0.2) is 5.11 Å². The number of hydrogen-bond acceptors (Lipinski definition) is 3. The minimum Gasteiger partial charge on any atom is -0.358 e. The molecule has 2 aliphatic rings. The SMILES string of the molecule is O=C1CCCN1Cc1ccc(CNC(=S)Nc2cccc(N3CCCC3=O)c2)cc1. The molecule has 156 valence electrons. The van der Waals surface area contributed by atoms with Crippen LogP contribution in [0.5, 0.6) is 0 Å². The Morgan fingerprint density at radius 3 is 2.37 bits per heavy atom. The molecule has 0 atom stereocenters. The molecule has 0 aliphatic carbocycles. The molecule has 2 saturated heterocycles. The highest BCUT2D eigenvalue weighted by molar-refractivity contribution is 7.80. The number of hydrogen-bond donors (Lipinski definition) is 2. The van der Waals surface area contributed by atoms with Gasteiger partial charge in [-0.1, -0.05) is 30.3 Å². The van der Waals surface area contributed by atoms with Crippen LogP contribution in [0.2, 0.25) is 0 Å². The van der Waals surface area contributed by atoms with E-state index in [-0.39, 0.29) is 11.8 Å². The lowest BCUT2D eigenvalue weighted by molar-refractivity contribution is -0.128. The number of benzene rings is 2. The number of rotatable bonds is 6. The average molecular weight is 423 g/mol. The van der Waals surface area contributed by atoms with Crippen LogP contribution in [0, 0.1) is 0 Å². The van der Waals surface area contributed by atoms with Crippen LogP contribution in [0.1, 0.15) is 36.8 Å². The van der Waals surface area contributed by atoms with E-state index >= 15 is 0 Å². The minimum absolute atomic E-state index is 0.172. The maximum Gasteiger partial charge on any atom is 0.227 e. The van der Waals surface area contributed by atoms with Gasteiger partial charge in [-0.2, -0.15) is 0 Å². The third-order valence-corrected chi connectivity index (χ3v) is 5.76. The lowest BCUT2D eigenvalue weighted by atomic mass is 10.1. The fraction of sp³-hybridized carbons (Fsp3) is 0.348. The highest BCUT2D eigenvalue weighted by atomic mass is 32.1. The maximum absolute atomic E-state index is 12.0. The highest BCUT2D eigenvalue weighted by Crippen LogP contribution is 2.24. The van der Waals surface area contributed by atoms with E-state index in [1.165, 1.54) is 0 Å². The first-order valence-corrected chi connectivity index (χ1v) is 10.8. The van der Waals surface area contributed by atoms with E-state index in [4.69, 9.17) is 12.2 Å². The Bertz CT molecular complexity index is 944. The molecule has 4 rings (SSSR count). The zero-order valence-corrected chi connectivity index (χ0v) is 17.7. The summed E-state index contributed by atoms with van der Waals surface area (Å²) in [5.74, 6) is 0.417. The van der Waals surface area contributed by atoms with Crippen molar-refractivity contribution < 1.29 is 9.59 Å². The number of nitrogens with zero attached hydrogens (tertiary/aromatic N) is 2. The molecule has 0 unspecified atom stereocenters. The lowest BCUT2D eigenvalue weighted by Gasteiger charge is -2.17. The van der Waals surface area contributed by atoms with Crippen molar-refractivity contribution in [3.8, 4) is 0 Å². The Hall–Kier alpha value is -2.93. The number of nitrogens with one attached hydrogen (secondary N) is 2. The summed E-state index contributed by atoms with van der Waals surface area (Å²) >= 11 is 5.42. The Kier molecular flexibility index (Phi) is 6.28. The molecular weight excluding hydrogens is 396 g/mol. The lowest BCUT2D eigenvalue weighted by Crippen LogP contribution is -2.28. The highest BCUT2D eigenvalue weighted by Gasteiger charge is 2.22. The van der Waals surface area contributed by atoms with Crippen molar-refractivity contribution in [1.29, 1.82) is 0 Å². The van der Waals surface area contributed by atoms with Crippen LogP contribution >= 0.6 is 12.2 Å². The van der Waals surface area contributed by atoms with Crippen molar-refractivity contribution in [1.82, 2.24) is 10.2 Å². The van der Waals surface area contributed by atoms with Crippen LogP contribution in [0.25, 0.3) is 0 Å². The van der Waals surface area contributed by atoms with Crippen LogP contribution in [0.15, 0.2) is 48.5 Å². The minimum atomic E-state index is 0.172. The number of anilines is 2. The van der Waals surface area contributed by atoms with Gasteiger partial charge in [-0.05, 0) is 54.4 Å². The second-order valence-electron chi connectivity index (χ2n) is 7.74. The number of carbonyl (C=O) groups is 2. The molecule has 2 heterocycles. The second kappa shape index (κ2) is 9.26. The normalized spacial score (nSPS) is 16.3. The topological polar surface area (TPSA) is 64.7 Å². The number of carbonyl (C=O) groups excluding carboxylic acids is 2. The third-order valence-electron chi connectivity index (χ3n) is 5.51. The predicted octanol–water partition coefficient (Wildman–Crippen LogP) is 3.42.